The van der Waals surface area contributed by atoms with Crippen molar-refractivity contribution in [1.29, 1.82) is 0 Å². The smallest absolute Gasteiger partial charge is 0.108 e. The molecule has 3 unspecified atom stereocenters. The van der Waals surface area contributed by atoms with Gasteiger partial charge in [-0.1, -0.05) is 19.8 Å². The van der Waals surface area contributed by atoms with Crippen LogP contribution >= 0.6 is 0 Å². The summed E-state index contributed by atoms with van der Waals surface area (Å²) in [5, 5.41) is 0. The zero-order valence-electron chi connectivity index (χ0n) is 11.6. The van der Waals surface area contributed by atoms with E-state index < -0.39 is 0 Å². The number of nitrogens with one attached hydrogen (secondary N) is 1. The van der Waals surface area contributed by atoms with Gasteiger partial charge in [0.15, 0.2) is 0 Å². The van der Waals surface area contributed by atoms with Crippen molar-refractivity contribution in [2.45, 2.75) is 51.5 Å². The quantitative estimate of drug-likeness (QED) is 0.600. The van der Waals surface area contributed by atoms with Crippen molar-refractivity contribution in [2.75, 3.05) is 0 Å². The summed E-state index contributed by atoms with van der Waals surface area (Å²) in [6.07, 6.45) is 11.3. The predicted octanol–water partition coefficient (Wildman–Crippen LogP) is 2.01. The molecule has 1 aliphatic carbocycles. The lowest BCUT2D eigenvalue weighted by atomic mass is 9.93. The van der Waals surface area contributed by atoms with E-state index in [4.69, 9.17) is 5.84 Å². The molecule has 102 valence electrons. The lowest BCUT2D eigenvalue weighted by Crippen LogP contribution is -2.40. The first-order valence-corrected chi connectivity index (χ1v) is 7.16. The topological polar surface area (TPSA) is 55.9 Å². The maximum atomic E-state index is 5.74. The number of aryl methyl sites for hydroxylation is 2. The number of nitrogens with zero attached hydrogens (tertiary/aromatic N) is 2. The number of aromatic nitrogens is 2. The third-order valence-electron chi connectivity index (χ3n) is 4.54. The van der Waals surface area contributed by atoms with Gasteiger partial charge in [0.25, 0.3) is 0 Å². The summed E-state index contributed by atoms with van der Waals surface area (Å²) in [7, 11) is 2.05. The summed E-state index contributed by atoms with van der Waals surface area (Å²) in [5.74, 6) is 8.56. The molecule has 1 saturated carbocycles. The second-order valence-electron chi connectivity index (χ2n) is 5.61. The Morgan fingerprint density at radius 3 is 2.94 bits per heavy atom. The molecule has 3 N–H and O–H groups in total. The van der Waals surface area contributed by atoms with Gasteiger partial charge in [-0.3, -0.25) is 11.3 Å². The molecule has 0 bridgehead atoms. The molecule has 4 nitrogen and oxygen atoms in total. The van der Waals surface area contributed by atoms with Crippen LogP contribution in [-0.4, -0.2) is 15.6 Å². The molecule has 1 aromatic heterocycles. The summed E-state index contributed by atoms with van der Waals surface area (Å²) in [4.78, 5) is 4.37. The number of hydrogen-bond donors (Lipinski definition) is 2. The van der Waals surface area contributed by atoms with Crippen molar-refractivity contribution in [1.82, 2.24) is 15.0 Å². The van der Waals surface area contributed by atoms with Crippen LogP contribution < -0.4 is 11.3 Å². The Hall–Kier alpha value is -0.870. The maximum absolute atomic E-state index is 5.74. The first kappa shape index (κ1) is 13.6. The van der Waals surface area contributed by atoms with E-state index >= 15 is 0 Å². The molecule has 0 saturated heterocycles. The zero-order chi connectivity index (χ0) is 13.0. The fourth-order valence-electron chi connectivity index (χ4n) is 3.23. The Morgan fingerprint density at radius 1 is 1.56 bits per heavy atom. The molecule has 0 spiro atoms. The van der Waals surface area contributed by atoms with Gasteiger partial charge in [-0.2, -0.15) is 0 Å². The van der Waals surface area contributed by atoms with Gasteiger partial charge < -0.3 is 4.57 Å². The highest BCUT2D eigenvalue weighted by Gasteiger charge is 2.29. The van der Waals surface area contributed by atoms with Gasteiger partial charge in [-0.25, -0.2) is 4.98 Å². The Bertz CT molecular complexity index is 360. The molecule has 0 aliphatic heterocycles. The molecular weight excluding hydrogens is 224 g/mol. The van der Waals surface area contributed by atoms with Crippen LogP contribution in [0.25, 0.3) is 0 Å². The Morgan fingerprint density at radius 2 is 2.39 bits per heavy atom. The van der Waals surface area contributed by atoms with Gasteiger partial charge in [0.05, 0.1) is 0 Å². The minimum Gasteiger partial charge on any atom is -0.338 e. The van der Waals surface area contributed by atoms with E-state index in [-0.39, 0.29) is 0 Å². The number of imidazole rings is 1. The molecule has 18 heavy (non-hydrogen) atoms. The molecule has 4 heteroatoms. The number of rotatable bonds is 6. The van der Waals surface area contributed by atoms with Crippen molar-refractivity contribution >= 4 is 0 Å². The van der Waals surface area contributed by atoms with Crippen molar-refractivity contribution in [3.05, 3.63) is 18.2 Å². The van der Waals surface area contributed by atoms with Gasteiger partial charge in [0, 0.05) is 31.9 Å². The third kappa shape index (κ3) is 3.12. The van der Waals surface area contributed by atoms with Crippen LogP contribution in [0.3, 0.4) is 0 Å². The summed E-state index contributed by atoms with van der Waals surface area (Å²) in [6, 6.07) is 0.443. The fraction of sp³-hybridized carbons (Fsp3) is 0.786. The van der Waals surface area contributed by atoms with Crippen LogP contribution in [0.5, 0.6) is 0 Å². The minimum atomic E-state index is 0.443. The highest BCUT2D eigenvalue weighted by molar-refractivity contribution is 4.93. The van der Waals surface area contributed by atoms with E-state index in [1.807, 2.05) is 12.4 Å². The van der Waals surface area contributed by atoms with Crippen LogP contribution in [0.1, 0.15) is 44.9 Å². The first-order chi connectivity index (χ1) is 8.74. The lowest BCUT2D eigenvalue weighted by molar-refractivity contribution is 0.331. The third-order valence-corrected chi connectivity index (χ3v) is 4.54. The van der Waals surface area contributed by atoms with Crippen LogP contribution in [0, 0.1) is 11.8 Å². The van der Waals surface area contributed by atoms with Gasteiger partial charge in [0.1, 0.15) is 5.82 Å². The van der Waals surface area contributed by atoms with E-state index in [0.717, 1.165) is 30.5 Å². The van der Waals surface area contributed by atoms with E-state index in [0.29, 0.717) is 6.04 Å². The Balaban J connectivity index is 1.84. The first-order valence-electron chi connectivity index (χ1n) is 7.16. The number of nitrogens with two attached hydrogens (primary N) is 1. The summed E-state index contributed by atoms with van der Waals surface area (Å²) in [6.45, 7) is 2.30. The second kappa shape index (κ2) is 6.34. The molecule has 1 fully saturated rings. The van der Waals surface area contributed by atoms with E-state index in [2.05, 4.69) is 28.9 Å². The van der Waals surface area contributed by atoms with Crippen LogP contribution in [0.15, 0.2) is 12.4 Å². The van der Waals surface area contributed by atoms with E-state index in [1.54, 1.807) is 0 Å². The second-order valence-corrected chi connectivity index (χ2v) is 5.61. The van der Waals surface area contributed by atoms with Crippen molar-refractivity contribution in [3.8, 4) is 0 Å². The highest BCUT2D eigenvalue weighted by Crippen LogP contribution is 2.35. The van der Waals surface area contributed by atoms with E-state index in [1.165, 1.54) is 25.7 Å². The minimum absolute atomic E-state index is 0.443. The predicted molar refractivity (Wildman–Crippen MR) is 73.8 cm³/mol. The maximum Gasteiger partial charge on any atom is 0.108 e. The van der Waals surface area contributed by atoms with Gasteiger partial charge in [-0.15, -0.1) is 0 Å². The van der Waals surface area contributed by atoms with Gasteiger partial charge in [-0.05, 0) is 31.1 Å². The molecule has 2 rings (SSSR count). The van der Waals surface area contributed by atoms with E-state index in [9.17, 15) is 0 Å². The molecular formula is C14H26N4. The number of hydrazine groups is 1. The molecule has 1 aliphatic rings. The molecule has 1 heterocycles. The fourth-order valence-corrected chi connectivity index (χ4v) is 3.23. The van der Waals surface area contributed by atoms with Crippen LogP contribution in [0.2, 0.25) is 0 Å². The molecule has 0 aromatic carbocycles. The molecule has 0 radical (unpaired) electrons. The summed E-state index contributed by atoms with van der Waals surface area (Å²) < 4.78 is 2.09. The number of hydrogen-bond acceptors (Lipinski definition) is 3. The summed E-state index contributed by atoms with van der Waals surface area (Å²) >= 11 is 0. The van der Waals surface area contributed by atoms with Crippen LogP contribution in [-0.2, 0) is 13.5 Å². The average molecular weight is 250 g/mol. The largest absolute Gasteiger partial charge is 0.338 e. The highest BCUT2D eigenvalue weighted by atomic mass is 15.2. The summed E-state index contributed by atoms with van der Waals surface area (Å²) in [5.41, 5.74) is 3.03. The Kier molecular flexibility index (Phi) is 4.78. The Labute approximate surface area is 110 Å². The van der Waals surface area contributed by atoms with Gasteiger partial charge >= 0.3 is 0 Å². The van der Waals surface area contributed by atoms with Crippen molar-refractivity contribution in [2.24, 2.45) is 24.7 Å². The molecule has 0 amide bonds. The average Bonchev–Trinajstić information content (AvgIpc) is 3.00. The van der Waals surface area contributed by atoms with Crippen molar-refractivity contribution in [3.63, 3.8) is 0 Å². The van der Waals surface area contributed by atoms with Crippen molar-refractivity contribution < 1.29 is 0 Å². The normalized spacial score (nSPS) is 25.5. The lowest BCUT2D eigenvalue weighted by Gasteiger charge is -2.22. The zero-order valence-corrected chi connectivity index (χ0v) is 11.6. The van der Waals surface area contributed by atoms with Crippen LogP contribution in [0.4, 0.5) is 0 Å². The monoisotopic (exact) mass is 250 g/mol. The van der Waals surface area contributed by atoms with Gasteiger partial charge in [0.2, 0.25) is 0 Å². The molecule has 3 atom stereocenters. The standard InChI is InChI=1S/C14H26N4/c1-3-11-4-5-12(10-11)13(17-15)6-7-14-16-8-9-18(14)2/h8-9,11-13,17H,3-7,10,15H2,1-2H3. The SMILES string of the molecule is CCC1CCC(C(CCc2nccn2C)NN)C1. The molecule has 1 aromatic rings.